The van der Waals surface area contributed by atoms with Gasteiger partial charge in [-0.25, -0.2) is 0 Å². The zero-order chi connectivity index (χ0) is 29.3. The normalized spacial score (nSPS) is 16.3. The van der Waals surface area contributed by atoms with Crippen molar-refractivity contribution in [1.29, 1.82) is 0 Å². The topological polar surface area (TPSA) is 25.8 Å². The summed E-state index contributed by atoms with van der Waals surface area (Å²) in [6.45, 7) is 14.5. The highest BCUT2D eigenvalue weighted by Crippen LogP contribution is 2.64. The molecule has 0 bridgehead atoms. The molecular weight excluding hydrogens is 534 g/mol. The summed E-state index contributed by atoms with van der Waals surface area (Å²) in [6, 6.07) is 34.4. The lowest BCUT2D eigenvalue weighted by molar-refractivity contribution is 0.703. The molecule has 2 heterocycles. The van der Waals surface area contributed by atoms with E-state index in [1.807, 2.05) is 24.5 Å². The Morgan fingerprint density at radius 3 is 1.61 bits per heavy atom. The predicted octanol–water partition coefficient (Wildman–Crippen LogP) is 9.85. The first-order valence-electron chi connectivity index (χ1n) is 14.5. The standard InChI is InChI=1S/C37H42N2P2/c1-35(2,3)41(36(4,5)6)26-30-31(37(40,32-21-13-15-23-38-32)33-22-14-16-24-39-33)25-29(27-17-9-7-10-18-27)34(30)28-19-11-8-12-20-28/h7-25,34H,26,40H2,1-6H3. The Hall–Kier alpha value is -2.92. The second-order valence-electron chi connectivity index (χ2n) is 12.9. The Labute approximate surface area is 250 Å². The SMILES string of the molecule is CC(C)(C)P(CC1=C(C(P)(c2ccccn2)c2ccccn2)C=C(c2ccccc2)C1c1ccccc1)C(C)(C)C. The zero-order valence-corrected chi connectivity index (χ0v) is 27.2. The Morgan fingerprint density at radius 1 is 0.659 bits per heavy atom. The Kier molecular flexibility index (Phi) is 8.48. The molecule has 0 saturated heterocycles. The zero-order valence-electron chi connectivity index (χ0n) is 25.2. The number of hydrogen-bond donors (Lipinski definition) is 0. The molecule has 0 radical (unpaired) electrons. The molecule has 0 spiro atoms. The van der Waals surface area contributed by atoms with E-state index in [4.69, 9.17) is 9.97 Å². The maximum atomic E-state index is 4.96. The van der Waals surface area contributed by atoms with Crippen molar-refractivity contribution in [3.63, 3.8) is 0 Å². The molecule has 0 amide bonds. The first-order valence-corrected chi connectivity index (χ1v) is 16.6. The van der Waals surface area contributed by atoms with Crippen molar-refractivity contribution in [3.05, 3.63) is 149 Å². The van der Waals surface area contributed by atoms with Crippen molar-refractivity contribution >= 4 is 22.7 Å². The van der Waals surface area contributed by atoms with Gasteiger partial charge in [-0.2, -0.15) is 0 Å². The molecule has 2 unspecified atom stereocenters. The molecule has 0 fully saturated rings. The van der Waals surface area contributed by atoms with E-state index in [0.29, 0.717) is 0 Å². The largest absolute Gasteiger partial charge is 0.260 e. The number of benzene rings is 2. The molecule has 0 saturated carbocycles. The average Bonchev–Trinajstić information content (AvgIpc) is 3.36. The van der Waals surface area contributed by atoms with E-state index in [-0.39, 0.29) is 16.2 Å². The van der Waals surface area contributed by atoms with E-state index in [9.17, 15) is 0 Å². The van der Waals surface area contributed by atoms with Crippen molar-refractivity contribution < 1.29 is 0 Å². The Bertz CT molecular complexity index is 1460. The predicted molar refractivity (Wildman–Crippen MR) is 181 cm³/mol. The van der Waals surface area contributed by atoms with E-state index in [1.54, 1.807) is 0 Å². The number of nitrogens with zero attached hydrogens (tertiary/aromatic N) is 2. The van der Waals surface area contributed by atoms with Crippen molar-refractivity contribution in [2.75, 3.05) is 6.16 Å². The molecule has 2 aromatic carbocycles. The van der Waals surface area contributed by atoms with Crippen LogP contribution in [0.15, 0.2) is 127 Å². The van der Waals surface area contributed by atoms with Gasteiger partial charge in [0.1, 0.15) is 0 Å². The van der Waals surface area contributed by atoms with Crippen LogP contribution in [0.2, 0.25) is 0 Å². The molecule has 4 aromatic rings. The maximum Gasteiger partial charge on any atom is 0.0933 e. The number of hydrogen-bond acceptors (Lipinski definition) is 2. The van der Waals surface area contributed by atoms with Gasteiger partial charge in [-0.3, -0.25) is 9.97 Å². The van der Waals surface area contributed by atoms with Gasteiger partial charge in [0.15, 0.2) is 0 Å². The summed E-state index contributed by atoms with van der Waals surface area (Å²) in [5, 5.41) is -0.234. The van der Waals surface area contributed by atoms with E-state index in [0.717, 1.165) is 17.5 Å². The molecule has 0 aliphatic heterocycles. The lowest BCUT2D eigenvalue weighted by Crippen LogP contribution is -2.30. The summed E-state index contributed by atoms with van der Waals surface area (Å²) in [6.07, 6.45) is 7.32. The molecule has 2 aromatic heterocycles. The van der Waals surface area contributed by atoms with Crippen LogP contribution in [0, 0.1) is 0 Å². The highest BCUT2D eigenvalue weighted by Gasteiger charge is 2.45. The van der Waals surface area contributed by atoms with Crippen LogP contribution in [0.1, 0.15) is 70.0 Å². The van der Waals surface area contributed by atoms with Crippen LogP contribution < -0.4 is 0 Å². The molecular formula is C37H42N2P2. The highest BCUT2D eigenvalue weighted by molar-refractivity contribution is 7.61. The number of aromatic nitrogens is 2. The van der Waals surface area contributed by atoms with E-state index >= 15 is 0 Å². The van der Waals surface area contributed by atoms with Crippen molar-refractivity contribution in [1.82, 2.24) is 9.97 Å². The first-order chi connectivity index (χ1) is 19.5. The number of rotatable bonds is 7. The molecule has 5 rings (SSSR count). The van der Waals surface area contributed by atoms with Crippen LogP contribution in [-0.2, 0) is 5.16 Å². The fraction of sp³-hybridized carbons (Fsp3) is 0.297. The van der Waals surface area contributed by atoms with Gasteiger partial charge in [0.05, 0.1) is 16.5 Å². The third-order valence-corrected chi connectivity index (χ3v) is 12.9. The van der Waals surface area contributed by atoms with Gasteiger partial charge in [-0.05, 0) is 68.6 Å². The second-order valence-corrected chi connectivity index (χ2v) is 17.6. The lowest BCUT2D eigenvalue weighted by Gasteiger charge is -2.43. The third-order valence-electron chi connectivity index (χ3n) is 8.06. The van der Waals surface area contributed by atoms with Gasteiger partial charge in [-0.15, -0.1) is 9.24 Å². The summed E-state index contributed by atoms with van der Waals surface area (Å²) >= 11 is 0. The molecule has 2 nitrogen and oxygen atoms in total. The summed E-state index contributed by atoms with van der Waals surface area (Å²) in [4.78, 5) is 9.92. The van der Waals surface area contributed by atoms with Gasteiger partial charge in [0.25, 0.3) is 0 Å². The molecule has 2 atom stereocenters. The number of allylic oxidation sites excluding steroid dienone is 4. The molecule has 41 heavy (non-hydrogen) atoms. The minimum absolute atomic E-state index is 0.149. The molecule has 1 aliphatic rings. The molecule has 4 heteroatoms. The minimum atomic E-state index is -0.599. The van der Waals surface area contributed by atoms with Crippen LogP contribution in [-0.4, -0.2) is 26.4 Å². The van der Waals surface area contributed by atoms with Crippen molar-refractivity contribution in [3.8, 4) is 0 Å². The fourth-order valence-electron chi connectivity index (χ4n) is 6.38. The van der Waals surface area contributed by atoms with Crippen LogP contribution >= 0.6 is 17.2 Å². The van der Waals surface area contributed by atoms with Gasteiger partial charge < -0.3 is 0 Å². The first kappa shape index (κ1) is 29.6. The second kappa shape index (κ2) is 11.8. The monoisotopic (exact) mass is 576 g/mol. The smallest absolute Gasteiger partial charge is 0.0933 e. The Balaban J connectivity index is 1.86. The van der Waals surface area contributed by atoms with Gasteiger partial charge in [-0.1, -0.05) is 128 Å². The molecule has 210 valence electrons. The number of pyridine rings is 2. The van der Waals surface area contributed by atoms with Gasteiger partial charge >= 0.3 is 0 Å². The Morgan fingerprint density at radius 2 is 1.15 bits per heavy atom. The highest BCUT2D eigenvalue weighted by atomic mass is 31.1. The molecule has 1 aliphatic carbocycles. The summed E-state index contributed by atoms with van der Waals surface area (Å²) in [5.41, 5.74) is 8.71. The lowest BCUT2D eigenvalue weighted by atomic mass is 9.83. The maximum absolute atomic E-state index is 4.96. The summed E-state index contributed by atoms with van der Waals surface area (Å²) in [7, 11) is 2.81. The third kappa shape index (κ3) is 6.02. The van der Waals surface area contributed by atoms with Crippen molar-refractivity contribution in [2.45, 2.75) is 62.9 Å². The fourth-order valence-corrected chi connectivity index (χ4v) is 10.6. The average molecular weight is 577 g/mol. The van der Waals surface area contributed by atoms with Gasteiger partial charge in [0, 0.05) is 18.3 Å². The quantitative estimate of drug-likeness (QED) is 0.205. The van der Waals surface area contributed by atoms with E-state index < -0.39 is 13.1 Å². The molecule has 0 N–H and O–H groups in total. The van der Waals surface area contributed by atoms with Crippen molar-refractivity contribution in [2.24, 2.45) is 0 Å². The minimum Gasteiger partial charge on any atom is -0.260 e. The van der Waals surface area contributed by atoms with E-state index in [2.05, 4.69) is 142 Å². The van der Waals surface area contributed by atoms with Crippen LogP contribution in [0.5, 0.6) is 0 Å². The van der Waals surface area contributed by atoms with Crippen LogP contribution in [0.25, 0.3) is 5.57 Å². The van der Waals surface area contributed by atoms with E-state index in [1.165, 1.54) is 27.8 Å². The van der Waals surface area contributed by atoms with Crippen LogP contribution in [0.3, 0.4) is 0 Å². The van der Waals surface area contributed by atoms with Crippen LogP contribution in [0.4, 0.5) is 0 Å². The summed E-state index contributed by atoms with van der Waals surface area (Å²) in [5.74, 6) is 0.149. The van der Waals surface area contributed by atoms with Gasteiger partial charge in [0.2, 0.25) is 0 Å². The summed E-state index contributed by atoms with van der Waals surface area (Å²) < 4.78 is 0.